The van der Waals surface area contributed by atoms with E-state index >= 15 is 0 Å². The molecule has 0 unspecified atom stereocenters. The molecule has 3 rings (SSSR count). The van der Waals surface area contributed by atoms with Gasteiger partial charge in [0.1, 0.15) is 0 Å². The zero-order valence-electron chi connectivity index (χ0n) is 11.4. The number of benzene rings is 2. The number of aromatic amines is 1. The Hall–Kier alpha value is -2.21. The molecule has 21 heavy (non-hydrogen) atoms. The first-order chi connectivity index (χ1) is 10.2. The quantitative estimate of drug-likeness (QED) is 0.673. The fourth-order valence-corrected chi connectivity index (χ4v) is 2.63. The topological polar surface area (TPSA) is 70.2 Å². The van der Waals surface area contributed by atoms with Gasteiger partial charge in [-0.05, 0) is 51.8 Å². The third kappa shape index (κ3) is 2.80. The van der Waals surface area contributed by atoms with Crippen LogP contribution < -0.4 is 10.1 Å². The molecule has 3 aromatic rings. The van der Waals surface area contributed by atoms with Gasteiger partial charge in [0.2, 0.25) is 0 Å². The lowest BCUT2D eigenvalue weighted by Gasteiger charge is -2.10. The summed E-state index contributed by atoms with van der Waals surface area (Å²) >= 11 is 3.32. The van der Waals surface area contributed by atoms with Gasteiger partial charge in [-0.15, -0.1) is 0 Å². The summed E-state index contributed by atoms with van der Waals surface area (Å²) in [4.78, 5) is 0. The largest absolute Gasteiger partial charge is 0.503 e. The Balaban J connectivity index is 1.79. The predicted octanol–water partition coefficient (Wildman–Crippen LogP) is 3.65. The fraction of sp³-hybridized carbons (Fsp3) is 0.133. The first-order valence-corrected chi connectivity index (χ1v) is 7.19. The van der Waals surface area contributed by atoms with Crippen LogP contribution in [0.4, 0.5) is 5.69 Å². The van der Waals surface area contributed by atoms with Crippen molar-refractivity contribution in [3.05, 3.63) is 46.6 Å². The molecule has 0 radical (unpaired) electrons. The molecule has 0 atom stereocenters. The Morgan fingerprint density at radius 2 is 2.19 bits per heavy atom. The number of hydrogen-bond donors (Lipinski definition) is 3. The Morgan fingerprint density at radius 3 is 3.00 bits per heavy atom. The van der Waals surface area contributed by atoms with E-state index in [4.69, 9.17) is 4.74 Å². The summed E-state index contributed by atoms with van der Waals surface area (Å²) in [6.07, 6.45) is 1.79. The summed E-state index contributed by atoms with van der Waals surface area (Å²) in [5.41, 5.74) is 3.02. The zero-order chi connectivity index (χ0) is 14.8. The highest BCUT2D eigenvalue weighted by molar-refractivity contribution is 9.10. The van der Waals surface area contributed by atoms with Crippen LogP contribution in [-0.4, -0.2) is 22.4 Å². The third-order valence-electron chi connectivity index (χ3n) is 3.24. The van der Waals surface area contributed by atoms with Gasteiger partial charge >= 0.3 is 0 Å². The molecule has 0 fully saturated rings. The van der Waals surface area contributed by atoms with E-state index in [1.807, 2.05) is 30.3 Å². The number of aromatic hydroxyl groups is 1. The number of ether oxygens (including phenoxy) is 1. The van der Waals surface area contributed by atoms with Gasteiger partial charge in [-0.3, -0.25) is 5.10 Å². The van der Waals surface area contributed by atoms with Crippen molar-refractivity contribution >= 4 is 32.5 Å². The highest BCUT2D eigenvalue weighted by Crippen LogP contribution is 2.35. The van der Waals surface area contributed by atoms with Crippen LogP contribution in [0.5, 0.6) is 11.5 Å². The van der Waals surface area contributed by atoms with Crippen molar-refractivity contribution in [3.8, 4) is 11.5 Å². The van der Waals surface area contributed by atoms with E-state index in [1.165, 1.54) is 7.11 Å². The number of fused-ring (bicyclic) bond motifs is 1. The second kappa shape index (κ2) is 5.65. The van der Waals surface area contributed by atoms with Gasteiger partial charge in [-0.25, -0.2) is 0 Å². The second-order valence-electron chi connectivity index (χ2n) is 4.65. The SMILES string of the molecule is COc1cc(CNc2ccc3[nH]ncc3c2)cc(Br)c1O. The number of hydrogen-bond acceptors (Lipinski definition) is 4. The van der Waals surface area contributed by atoms with Crippen LogP contribution in [-0.2, 0) is 6.54 Å². The van der Waals surface area contributed by atoms with Crippen molar-refractivity contribution in [2.75, 3.05) is 12.4 Å². The molecule has 0 saturated heterocycles. The Morgan fingerprint density at radius 1 is 1.33 bits per heavy atom. The molecule has 2 aromatic carbocycles. The Labute approximate surface area is 130 Å². The van der Waals surface area contributed by atoms with Crippen molar-refractivity contribution in [2.24, 2.45) is 0 Å². The van der Waals surface area contributed by atoms with E-state index in [1.54, 1.807) is 6.20 Å². The molecule has 108 valence electrons. The first kappa shape index (κ1) is 13.8. The van der Waals surface area contributed by atoms with Crippen LogP contribution in [0.2, 0.25) is 0 Å². The first-order valence-electron chi connectivity index (χ1n) is 6.40. The van der Waals surface area contributed by atoms with Gasteiger partial charge in [0.05, 0.1) is 23.3 Å². The fourth-order valence-electron chi connectivity index (χ4n) is 2.14. The number of methoxy groups -OCH3 is 1. The summed E-state index contributed by atoms with van der Waals surface area (Å²) in [5.74, 6) is 0.563. The summed E-state index contributed by atoms with van der Waals surface area (Å²) in [5, 5.41) is 21.1. The summed E-state index contributed by atoms with van der Waals surface area (Å²) in [6, 6.07) is 9.68. The minimum Gasteiger partial charge on any atom is -0.503 e. The molecule has 0 amide bonds. The van der Waals surface area contributed by atoms with Crippen LogP contribution in [0.25, 0.3) is 10.9 Å². The van der Waals surface area contributed by atoms with Gasteiger partial charge in [-0.1, -0.05) is 0 Å². The molecule has 1 aromatic heterocycles. The normalized spacial score (nSPS) is 10.8. The molecule has 6 heteroatoms. The highest BCUT2D eigenvalue weighted by atomic mass is 79.9. The minimum absolute atomic E-state index is 0.112. The smallest absolute Gasteiger partial charge is 0.172 e. The Bertz CT molecular complexity index is 786. The summed E-state index contributed by atoms with van der Waals surface area (Å²) in [6.45, 7) is 0.624. The average molecular weight is 348 g/mol. The van der Waals surface area contributed by atoms with E-state index in [0.29, 0.717) is 16.8 Å². The standard InChI is InChI=1S/C15H14BrN3O2/c1-21-14-5-9(4-12(16)15(14)20)7-17-11-2-3-13-10(6-11)8-18-19-13/h2-6,8,17,20H,7H2,1H3,(H,18,19). The van der Waals surface area contributed by atoms with Crippen LogP contribution >= 0.6 is 15.9 Å². The monoisotopic (exact) mass is 347 g/mol. The molecule has 0 spiro atoms. The van der Waals surface area contributed by atoms with E-state index in [2.05, 4.69) is 31.4 Å². The van der Waals surface area contributed by atoms with Gasteiger partial charge in [-0.2, -0.15) is 5.10 Å². The second-order valence-corrected chi connectivity index (χ2v) is 5.51. The molecule has 3 N–H and O–H groups in total. The molecule has 5 nitrogen and oxygen atoms in total. The van der Waals surface area contributed by atoms with E-state index in [0.717, 1.165) is 22.2 Å². The molecule has 1 heterocycles. The zero-order valence-corrected chi connectivity index (χ0v) is 12.9. The minimum atomic E-state index is 0.112. The number of nitrogens with one attached hydrogen (secondary N) is 2. The number of H-pyrrole nitrogens is 1. The molecular formula is C15H14BrN3O2. The summed E-state index contributed by atoms with van der Waals surface area (Å²) in [7, 11) is 1.53. The lowest BCUT2D eigenvalue weighted by atomic mass is 10.2. The maximum Gasteiger partial charge on any atom is 0.172 e. The molecule has 0 bridgehead atoms. The van der Waals surface area contributed by atoms with Gasteiger partial charge in [0.15, 0.2) is 11.5 Å². The maximum atomic E-state index is 9.80. The third-order valence-corrected chi connectivity index (χ3v) is 3.85. The van der Waals surface area contributed by atoms with Gasteiger partial charge in [0.25, 0.3) is 0 Å². The number of phenols is 1. The summed E-state index contributed by atoms with van der Waals surface area (Å²) < 4.78 is 5.76. The van der Waals surface area contributed by atoms with Crippen LogP contribution in [0.15, 0.2) is 41.0 Å². The van der Waals surface area contributed by atoms with Crippen molar-refractivity contribution in [2.45, 2.75) is 6.54 Å². The van der Waals surface area contributed by atoms with Crippen LogP contribution in [0.1, 0.15) is 5.56 Å². The van der Waals surface area contributed by atoms with E-state index in [9.17, 15) is 5.11 Å². The molecule has 0 aliphatic carbocycles. The van der Waals surface area contributed by atoms with Gasteiger partial charge in [0, 0.05) is 17.6 Å². The van der Waals surface area contributed by atoms with Crippen molar-refractivity contribution in [1.29, 1.82) is 0 Å². The highest BCUT2D eigenvalue weighted by Gasteiger charge is 2.08. The van der Waals surface area contributed by atoms with Crippen molar-refractivity contribution in [1.82, 2.24) is 10.2 Å². The predicted molar refractivity (Wildman–Crippen MR) is 85.8 cm³/mol. The molecule has 0 aliphatic heterocycles. The number of rotatable bonds is 4. The number of halogens is 1. The lowest BCUT2D eigenvalue weighted by Crippen LogP contribution is -2.00. The van der Waals surface area contributed by atoms with Crippen LogP contribution in [0, 0.1) is 0 Å². The van der Waals surface area contributed by atoms with E-state index in [-0.39, 0.29) is 5.75 Å². The number of phenolic OH excluding ortho intramolecular Hbond substituents is 1. The van der Waals surface area contributed by atoms with Crippen molar-refractivity contribution < 1.29 is 9.84 Å². The average Bonchev–Trinajstić information content (AvgIpc) is 2.95. The molecule has 0 saturated carbocycles. The lowest BCUT2D eigenvalue weighted by molar-refractivity contribution is 0.371. The maximum absolute atomic E-state index is 9.80. The molecule has 0 aliphatic rings. The van der Waals surface area contributed by atoms with Crippen LogP contribution in [0.3, 0.4) is 0 Å². The number of anilines is 1. The van der Waals surface area contributed by atoms with E-state index < -0.39 is 0 Å². The molecular weight excluding hydrogens is 334 g/mol. The van der Waals surface area contributed by atoms with Crippen molar-refractivity contribution in [3.63, 3.8) is 0 Å². The van der Waals surface area contributed by atoms with Gasteiger partial charge < -0.3 is 15.2 Å². The Kier molecular flexibility index (Phi) is 3.70. The number of nitrogens with zero attached hydrogens (tertiary/aromatic N) is 1. The number of aromatic nitrogens is 2.